The molecule has 2 aliphatic heterocycles. The molecule has 8 heteroatoms. The van der Waals surface area contributed by atoms with E-state index in [0.717, 1.165) is 71.6 Å². The first-order valence-corrected chi connectivity index (χ1v) is 11.4. The Kier molecular flexibility index (Phi) is 6.64. The SMILES string of the molecule is COCc1ccc(Nc2ncc3c(n2)C(c2ccc(CN4CCOCC4)c(Cl)c2)C=N3)cc1. The van der Waals surface area contributed by atoms with Crippen molar-refractivity contribution in [3.05, 3.63) is 76.1 Å². The molecule has 2 aromatic carbocycles. The van der Waals surface area contributed by atoms with Crippen LogP contribution in [0.1, 0.15) is 28.3 Å². The maximum Gasteiger partial charge on any atom is 0.227 e. The summed E-state index contributed by atoms with van der Waals surface area (Å²) in [6.07, 6.45) is 3.67. The van der Waals surface area contributed by atoms with Crippen molar-refractivity contribution < 1.29 is 9.47 Å². The number of fused-ring (bicyclic) bond motifs is 1. The fourth-order valence-electron chi connectivity index (χ4n) is 4.11. The van der Waals surface area contributed by atoms with Gasteiger partial charge in [-0.25, -0.2) is 9.97 Å². The van der Waals surface area contributed by atoms with E-state index in [1.165, 1.54) is 0 Å². The number of ether oxygens (including phenoxy) is 2. The maximum atomic E-state index is 6.67. The zero-order valence-electron chi connectivity index (χ0n) is 18.5. The summed E-state index contributed by atoms with van der Waals surface area (Å²) in [5.41, 5.74) is 5.89. The van der Waals surface area contributed by atoms with Gasteiger partial charge >= 0.3 is 0 Å². The lowest BCUT2D eigenvalue weighted by molar-refractivity contribution is 0.0342. The van der Waals surface area contributed by atoms with Crippen LogP contribution in [-0.4, -0.2) is 54.5 Å². The van der Waals surface area contributed by atoms with Crippen molar-refractivity contribution in [3.63, 3.8) is 0 Å². The first kappa shape index (κ1) is 22.0. The van der Waals surface area contributed by atoms with E-state index in [-0.39, 0.29) is 5.92 Å². The molecule has 3 aromatic rings. The average Bonchev–Trinajstić information content (AvgIpc) is 3.26. The standard InChI is InChI=1S/C25H26ClN5O2/c1-32-16-17-2-6-20(7-3-17)29-25-28-14-23-24(30-25)21(13-27-23)18-4-5-19(22(26)12-18)15-31-8-10-33-11-9-31/h2-7,12-14,21H,8-11,15-16H2,1H3,(H,28,29,30). The minimum atomic E-state index is -0.0532. The normalized spacial score (nSPS) is 17.8. The van der Waals surface area contributed by atoms with Gasteiger partial charge in [0.2, 0.25) is 5.95 Å². The molecule has 0 bridgehead atoms. The average molecular weight is 464 g/mol. The summed E-state index contributed by atoms with van der Waals surface area (Å²) < 4.78 is 10.6. The van der Waals surface area contributed by atoms with E-state index in [4.69, 9.17) is 26.1 Å². The first-order valence-electron chi connectivity index (χ1n) is 11.0. The van der Waals surface area contributed by atoms with Crippen molar-refractivity contribution in [3.8, 4) is 0 Å². The maximum absolute atomic E-state index is 6.67. The van der Waals surface area contributed by atoms with Crippen LogP contribution in [0.15, 0.2) is 53.7 Å². The Morgan fingerprint density at radius 2 is 1.97 bits per heavy atom. The molecule has 0 spiro atoms. The number of aromatic nitrogens is 2. The van der Waals surface area contributed by atoms with Crippen LogP contribution in [0, 0.1) is 0 Å². The van der Waals surface area contributed by atoms with E-state index >= 15 is 0 Å². The Labute approximate surface area is 198 Å². The molecule has 2 aliphatic rings. The number of hydrogen-bond donors (Lipinski definition) is 1. The predicted octanol–water partition coefficient (Wildman–Crippen LogP) is 4.70. The Morgan fingerprint density at radius 3 is 2.73 bits per heavy atom. The number of morpholine rings is 1. The van der Waals surface area contributed by atoms with Crippen LogP contribution in [0.2, 0.25) is 5.02 Å². The molecule has 3 heterocycles. The van der Waals surface area contributed by atoms with Gasteiger partial charge in [-0.3, -0.25) is 9.89 Å². The molecule has 1 atom stereocenters. The van der Waals surface area contributed by atoms with Crippen LogP contribution >= 0.6 is 11.6 Å². The first-order chi connectivity index (χ1) is 16.2. The van der Waals surface area contributed by atoms with Gasteiger partial charge in [0.25, 0.3) is 0 Å². The highest BCUT2D eigenvalue weighted by Gasteiger charge is 2.24. The number of benzene rings is 2. The Hall–Kier alpha value is -2.84. The van der Waals surface area contributed by atoms with Crippen LogP contribution in [0.25, 0.3) is 0 Å². The van der Waals surface area contributed by atoms with E-state index in [1.807, 2.05) is 36.5 Å². The number of rotatable bonds is 7. The number of hydrogen-bond acceptors (Lipinski definition) is 7. The third-order valence-electron chi connectivity index (χ3n) is 5.91. The lowest BCUT2D eigenvalue weighted by Crippen LogP contribution is -2.35. The second-order valence-electron chi connectivity index (χ2n) is 8.21. The van der Waals surface area contributed by atoms with Gasteiger partial charge in [-0.1, -0.05) is 35.9 Å². The number of anilines is 2. The summed E-state index contributed by atoms with van der Waals surface area (Å²) in [6, 6.07) is 14.3. The molecule has 7 nitrogen and oxygen atoms in total. The second-order valence-corrected chi connectivity index (χ2v) is 8.62. The summed E-state index contributed by atoms with van der Waals surface area (Å²) >= 11 is 6.67. The third kappa shape index (κ3) is 5.07. The van der Waals surface area contributed by atoms with Crippen LogP contribution in [0.5, 0.6) is 0 Å². The zero-order valence-corrected chi connectivity index (χ0v) is 19.3. The Balaban J connectivity index is 1.32. The Morgan fingerprint density at radius 1 is 1.15 bits per heavy atom. The van der Waals surface area contributed by atoms with Gasteiger partial charge in [-0.2, -0.15) is 0 Å². The number of methoxy groups -OCH3 is 1. The topological polar surface area (TPSA) is 71.9 Å². The summed E-state index contributed by atoms with van der Waals surface area (Å²) in [4.78, 5) is 16.1. The van der Waals surface area contributed by atoms with Crippen LogP contribution in [-0.2, 0) is 22.6 Å². The smallest absolute Gasteiger partial charge is 0.227 e. The molecule has 0 saturated carbocycles. The molecule has 0 radical (unpaired) electrons. The molecule has 1 N–H and O–H groups in total. The summed E-state index contributed by atoms with van der Waals surface area (Å²) in [5, 5.41) is 4.05. The van der Waals surface area contributed by atoms with Gasteiger partial charge in [0.1, 0.15) is 5.69 Å². The molecular weight excluding hydrogens is 438 g/mol. The molecule has 1 aromatic heterocycles. The largest absolute Gasteiger partial charge is 0.380 e. The fraction of sp³-hybridized carbons (Fsp3) is 0.320. The quantitative estimate of drug-likeness (QED) is 0.547. The molecule has 5 rings (SSSR count). The highest BCUT2D eigenvalue weighted by molar-refractivity contribution is 6.31. The predicted molar refractivity (Wildman–Crippen MR) is 130 cm³/mol. The third-order valence-corrected chi connectivity index (χ3v) is 6.26. The number of nitrogens with one attached hydrogen (secondary N) is 1. The van der Waals surface area contributed by atoms with Gasteiger partial charge in [0.05, 0.1) is 37.6 Å². The van der Waals surface area contributed by atoms with Crippen molar-refractivity contribution in [1.29, 1.82) is 0 Å². The van der Waals surface area contributed by atoms with Gasteiger partial charge in [-0.15, -0.1) is 0 Å². The summed E-state index contributed by atoms with van der Waals surface area (Å²) in [7, 11) is 1.69. The molecule has 1 unspecified atom stereocenters. The fourth-order valence-corrected chi connectivity index (χ4v) is 4.36. The number of aliphatic imine (C=N–C) groups is 1. The van der Waals surface area contributed by atoms with E-state index in [9.17, 15) is 0 Å². The van der Waals surface area contributed by atoms with Crippen molar-refractivity contribution in [2.24, 2.45) is 4.99 Å². The number of halogens is 1. The van der Waals surface area contributed by atoms with E-state index in [2.05, 4.69) is 32.3 Å². The van der Waals surface area contributed by atoms with Crippen molar-refractivity contribution in [2.75, 3.05) is 38.7 Å². The zero-order chi connectivity index (χ0) is 22.6. The molecule has 170 valence electrons. The monoisotopic (exact) mass is 463 g/mol. The van der Waals surface area contributed by atoms with E-state index in [0.29, 0.717) is 12.6 Å². The lowest BCUT2D eigenvalue weighted by atomic mass is 9.96. The van der Waals surface area contributed by atoms with Gasteiger partial charge in [0, 0.05) is 43.7 Å². The number of nitrogens with zero attached hydrogens (tertiary/aromatic N) is 4. The van der Waals surface area contributed by atoms with Gasteiger partial charge < -0.3 is 14.8 Å². The van der Waals surface area contributed by atoms with Crippen LogP contribution in [0.4, 0.5) is 17.3 Å². The minimum Gasteiger partial charge on any atom is -0.380 e. The van der Waals surface area contributed by atoms with Gasteiger partial charge in [-0.05, 0) is 34.9 Å². The van der Waals surface area contributed by atoms with Crippen molar-refractivity contribution in [2.45, 2.75) is 19.1 Å². The molecular formula is C25H26ClN5O2. The van der Waals surface area contributed by atoms with Crippen LogP contribution in [0.3, 0.4) is 0 Å². The second kappa shape index (κ2) is 9.97. The molecule has 1 fully saturated rings. The van der Waals surface area contributed by atoms with Gasteiger partial charge in [0.15, 0.2) is 0 Å². The highest BCUT2D eigenvalue weighted by atomic mass is 35.5. The summed E-state index contributed by atoms with van der Waals surface area (Å²) in [6.45, 7) is 4.83. The van der Waals surface area contributed by atoms with E-state index in [1.54, 1.807) is 13.3 Å². The Bertz CT molecular complexity index is 1150. The summed E-state index contributed by atoms with van der Waals surface area (Å²) in [5.74, 6) is 0.487. The minimum absolute atomic E-state index is 0.0532. The molecule has 33 heavy (non-hydrogen) atoms. The van der Waals surface area contributed by atoms with Crippen LogP contribution < -0.4 is 5.32 Å². The molecule has 0 aliphatic carbocycles. The highest BCUT2D eigenvalue weighted by Crippen LogP contribution is 2.36. The van der Waals surface area contributed by atoms with Crippen molar-refractivity contribution in [1.82, 2.24) is 14.9 Å². The van der Waals surface area contributed by atoms with E-state index < -0.39 is 0 Å². The molecule has 1 saturated heterocycles. The van der Waals surface area contributed by atoms with Crippen molar-refractivity contribution >= 4 is 35.1 Å². The lowest BCUT2D eigenvalue weighted by Gasteiger charge is -2.27. The molecule has 0 amide bonds.